The van der Waals surface area contributed by atoms with Crippen LogP contribution in [0, 0.1) is 0 Å². The molecule has 148 valence electrons. The molecule has 2 aromatic carbocycles. The van der Waals surface area contributed by atoms with E-state index in [-0.39, 0.29) is 35.6 Å². The van der Waals surface area contributed by atoms with Gasteiger partial charge >= 0.3 is 0 Å². The number of methoxy groups -OCH3 is 1. The van der Waals surface area contributed by atoms with Gasteiger partial charge in [0.2, 0.25) is 5.91 Å². The lowest BCUT2D eigenvalue weighted by Crippen LogP contribution is -2.29. The van der Waals surface area contributed by atoms with Crippen LogP contribution in [0.3, 0.4) is 0 Å². The zero-order chi connectivity index (χ0) is 20.1. The molecule has 0 fully saturated rings. The zero-order valence-corrected chi connectivity index (χ0v) is 16.6. The van der Waals surface area contributed by atoms with Crippen molar-refractivity contribution in [3.63, 3.8) is 0 Å². The summed E-state index contributed by atoms with van der Waals surface area (Å²) in [5.74, 6) is 0.850. The summed E-state index contributed by atoms with van der Waals surface area (Å²) in [5.41, 5.74) is 1.45. The van der Waals surface area contributed by atoms with Crippen molar-refractivity contribution in [1.82, 2.24) is 10.0 Å². The number of hydrogen-bond donors (Lipinski definition) is 2. The molecule has 1 unspecified atom stereocenters. The van der Waals surface area contributed by atoms with Crippen molar-refractivity contribution in [3.05, 3.63) is 59.7 Å². The van der Waals surface area contributed by atoms with Crippen LogP contribution in [0.2, 0.25) is 0 Å². The highest BCUT2D eigenvalue weighted by Gasteiger charge is 2.30. The van der Waals surface area contributed by atoms with Crippen LogP contribution in [-0.4, -0.2) is 33.8 Å². The highest BCUT2D eigenvalue weighted by atomic mass is 32.2. The molecule has 0 spiro atoms. The smallest absolute Gasteiger partial charge is 0.263 e. The van der Waals surface area contributed by atoms with Crippen molar-refractivity contribution in [2.24, 2.45) is 4.99 Å². The van der Waals surface area contributed by atoms with Gasteiger partial charge < -0.3 is 10.1 Å². The molecule has 0 radical (unpaired) electrons. The summed E-state index contributed by atoms with van der Waals surface area (Å²) < 4.78 is 32.0. The molecule has 7 nitrogen and oxygen atoms in total. The Morgan fingerprint density at radius 3 is 2.64 bits per heavy atom. The average molecular weight is 401 g/mol. The van der Waals surface area contributed by atoms with Crippen molar-refractivity contribution in [2.75, 3.05) is 13.7 Å². The predicted octanol–water partition coefficient (Wildman–Crippen LogP) is 2.39. The van der Waals surface area contributed by atoms with Gasteiger partial charge in [0.15, 0.2) is 0 Å². The third kappa shape index (κ3) is 4.17. The largest absolute Gasteiger partial charge is 0.496 e. The summed E-state index contributed by atoms with van der Waals surface area (Å²) >= 11 is 0. The molecular weight excluding hydrogens is 378 g/mol. The second-order valence-corrected chi connectivity index (χ2v) is 8.00. The van der Waals surface area contributed by atoms with Crippen LogP contribution in [0.1, 0.15) is 36.9 Å². The van der Waals surface area contributed by atoms with Gasteiger partial charge in [-0.05, 0) is 24.6 Å². The third-order valence-electron chi connectivity index (χ3n) is 4.53. The van der Waals surface area contributed by atoms with Gasteiger partial charge in [-0.25, -0.2) is 8.42 Å². The van der Waals surface area contributed by atoms with E-state index in [1.54, 1.807) is 25.3 Å². The molecule has 0 saturated heterocycles. The van der Waals surface area contributed by atoms with E-state index in [1.165, 1.54) is 6.07 Å². The minimum atomic E-state index is -3.57. The minimum absolute atomic E-state index is 0.152. The fraction of sp³-hybridized carbons (Fsp3) is 0.300. The number of benzene rings is 2. The molecular formula is C20H23N3O4S. The maximum atomic E-state index is 12.4. The lowest BCUT2D eigenvalue weighted by atomic mass is 10.0. The molecule has 1 atom stereocenters. The Hall–Kier alpha value is -2.87. The van der Waals surface area contributed by atoms with E-state index in [9.17, 15) is 13.2 Å². The van der Waals surface area contributed by atoms with Crippen LogP contribution >= 0.6 is 0 Å². The van der Waals surface area contributed by atoms with Gasteiger partial charge in [-0.2, -0.15) is 0 Å². The quantitative estimate of drug-likeness (QED) is 0.744. The maximum Gasteiger partial charge on any atom is 0.263 e. The van der Waals surface area contributed by atoms with Gasteiger partial charge in [-0.15, -0.1) is 0 Å². The topological polar surface area (TPSA) is 96.9 Å². The Labute approximate surface area is 164 Å². The van der Waals surface area contributed by atoms with E-state index >= 15 is 0 Å². The Morgan fingerprint density at radius 2 is 1.89 bits per heavy atom. The fourth-order valence-electron chi connectivity index (χ4n) is 3.14. The molecule has 0 aliphatic carbocycles. The molecule has 28 heavy (non-hydrogen) atoms. The first kappa shape index (κ1) is 19.9. The molecule has 2 aromatic rings. The van der Waals surface area contributed by atoms with E-state index in [1.807, 2.05) is 31.2 Å². The maximum absolute atomic E-state index is 12.4. The number of hydrogen-bond acceptors (Lipinski definition) is 5. The highest BCUT2D eigenvalue weighted by Crippen LogP contribution is 2.27. The van der Waals surface area contributed by atoms with E-state index in [4.69, 9.17) is 4.74 Å². The molecule has 1 amide bonds. The number of aliphatic imine (C=N–C) groups is 1. The van der Waals surface area contributed by atoms with E-state index in [2.05, 4.69) is 15.0 Å². The lowest BCUT2D eigenvalue weighted by molar-refractivity contribution is -0.121. The van der Waals surface area contributed by atoms with Crippen LogP contribution < -0.4 is 14.8 Å². The van der Waals surface area contributed by atoms with Crippen molar-refractivity contribution >= 4 is 21.8 Å². The molecule has 8 heteroatoms. The van der Waals surface area contributed by atoms with Crippen molar-refractivity contribution in [2.45, 2.75) is 30.7 Å². The van der Waals surface area contributed by atoms with Gasteiger partial charge in [-0.3, -0.25) is 14.5 Å². The number of amidine groups is 1. The summed E-state index contributed by atoms with van der Waals surface area (Å²) in [5, 5.41) is 2.99. The minimum Gasteiger partial charge on any atom is -0.496 e. The fourth-order valence-corrected chi connectivity index (χ4v) is 4.39. The number of ether oxygens (including phenoxy) is 1. The molecule has 3 rings (SSSR count). The molecule has 0 aromatic heterocycles. The monoisotopic (exact) mass is 401 g/mol. The molecule has 1 aliphatic rings. The van der Waals surface area contributed by atoms with Gasteiger partial charge in [0.25, 0.3) is 10.0 Å². The standard InChI is InChI=1S/C20H23N3O4S/c1-3-16(14-8-4-6-10-17(14)27-2)22-19(24)12-13-21-20-15-9-5-7-11-18(15)28(25,26)23-20/h4-11,16H,3,12-13H2,1-2H3,(H,21,23)(H,22,24). The van der Waals surface area contributed by atoms with E-state index in [0.29, 0.717) is 12.0 Å². The summed E-state index contributed by atoms with van der Waals surface area (Å²) in [6, 6.07) is 14.1. The predicted molar refractivity (Wildman–Crippen MR) is 107 cm³/mol. The number of fused-ring (bicyclic) bond motifs is 1. The lowest BCUT2D eigenvalue weighted by Gasteiger charge is -2.19. The van der Waals surface area contributed by atoms with Gasteiger partial charge in [-0.1, -0.05) is 37.3 Å². The summed E-state index contributed by atoms with van der Waals surface area (Å²) in [7, 11) is -1.97. The van der Waals surface area contributed by atoms with Crippen LogP contribution in [-0.2, 0) is 14.8 Å². The summed E-state index contributed by atoms with van der Waals surface area (Å²) in [6.07, 6.45) is 0.868. The second kappa shape index (κ2) is 8.43. The number of carbonyl (C=O) groups is 1. The third-order valence-corrected chi connectivity index (χ3v) is 5.93. The number of rotatable bonds is 7. The average Bonchev–Trinajstić information content (AvgIpc) is 2.97. The highest BCUT2D eigenvalue weighted by molar-refractivity contribution is 7.90. The van der Waals surface area contributed by atoms with Crippen molar-refractivity contribution < 1.29 is 17.9 Å². The van der Waals surface area contributed by atoms with Crippen molar-refractivity contribution in [1.29, 1.82) is 0 Å². The second-order valence-electron chi connectivity index (χ2n) is 6.35. The van der Waals surface area contributed by atoms with Crippen molar-refractivity contribution in [3.8, 4) is 5.75 Å². The zero-order valence-electron chi connectivity index (χ0n) is 15.8. The number of sulfonamides is 1. The molecule has 1 heterocycles. The number of para-hydroxylation sites is 1. The molecule has 0 bridgehead atoms. The summed E-state index contributed by atoms with van der Waals surface area (Å²) in [4.78, 5) is 16.9. The summed E-state index contributed by atoms with van der Waals surface area (Å²) in [6.45, 7) is 2.17. The molecule has 2 N–H and O–H groups in total. The van der Waals surface area contributed by atoms with Crippen LogP contribution in [0.5, 0.6) is 5.75 Å². The molecule has 1 aliphatic heterocycles. The van der Waals surface area contributed by atoms with E-state index < -0.39 is 10.0 Å². The Bertz CT molecular complexity index is 1000. The number of nitrogens with one attached hydrogen (secondary N) is 2. The van der Waals surface area contributed by atoms with Crippen LogP contribution in [0.25, 0.3) is 0 Å². The van der Waals surface area contributed by atoms with Gasteiger partial charge in [0, 0.05) is 17.5 Å². The SMILES string of the molecule is CCC(NC(=O)CCN=C1NS(=O)(=O)c2ccccc21)c1ccccc1OC. The normalized spacial score (nSPS) is 16.9. The Morgan fingerprint density at radius 1 is 1.18 bits per heavy atom. The number of amides is 1. The first-order valence-corrected chi connectivity index (χ1v) is 10.5. The van der Waals surface area contributed by atoms with E-state index in [0.717, 1.165) is 11.3 Å². The number of carbonyl (C=O) groups excluding carboxylic acids is 1. The molecule has 0 saturated carbocycles. The first-order valence-electron chi connectivity index (χ1n) is 9.05. The van der Waals surface area contributed by atoms with Crippen LogP contribution in [0.15, 0.2) is 58.4 Å². The first-order chi connectivity index (χ1) is 13.5. The van der Waals surface area contributed by atoms with Crippen LogP contribution in [0.4, 0.5) is 0 Å². The number of nitrogens with zero attached hydrogens (tertiary/aromatic N) is 1. The Balaban J connectivity index is 1.64. The van der Waals surface area contributed by atoms with Gasteiger partial charge in [0.1, 0.15) is 11.6 Å². The van der Waals surface area contributed by atoms with Gasteiger partial charge in [0.05, 0.1) is 24.6 Å². The Kier molecular flexibility index (Phi) is 5.99.